The summed E-state index contributed by atoms with van der Waals surface area (Å²) in [6.45, 7) is 2.87. The third kappa shape index (κ3) is 2.33. The summed E-state index contributed by atoms with van der Waals surface area (Å²) in [5.74, 6) is 0.884. The zero-order chi connectivity index (χ0) is 13.2. The summed E-state index contributed by atoms with van der Waals surface area (Å²) in [4.78, 5) is 10.3. The highest BCUT2D eigenvalue weighted by Gasteiger charge is 2.07. The molecule has 5 heteroatoms. The van der Waals surface area contributed by atoms with Gasteiger partial charge in [-0.2, -0.15) is 0 Å². The van der Waals surface area contributed by atoms with Gasteiger partial charge in [0.25, 0.3) is 0 Å². The first-order valence-electron chi connectivity index (χ1n) is 6.37. The molecule has 19 heavy (non-hydrogen) atoms. The van der Waals surface area contributed by atoms with Crippen molar-refractivity contribution in [3.63, 3.8) is 0 Å². The van der Waals surface area contributed by atoms with E-state index >= 15 is 0 Å². The van der Waals surface area contributed by atoms with Crippen molar-refractivity contribution in [3.8, 4) is 0 Å². The Morgan fingerprint density at radius 1 is 1.32 bits per heavy atom. The molecule has 0 aliphatic carbocycles. The van der Waals surface area contributed by atoms with Crippen LogP contribution in [0.2, 0.25) is 0 Å². The molecular formula is C14H16N4S. The predicted octanol–water partition coefficient (Wildman–Crippen LogP) is 3.20. The number of fused-ring (bicyclic) bond motifs is 1. The number of thiazole rings is 1. The van der Waals surface area contributed by atoms with Crippen molar-refractivity contribution in [1.29, 1.82) is 0 Å². The van der Waals surface area contributed by atoms with Crippen LogP contribution < -0.4 is 5.32 Å². The molecule has 0 radical (unpaired) electrons. The van der Waals surface area contributed by atoms with E-state index in [4.69, 9.17) is 0 Å². The molecule has 0 saturated heterocycles. The maximum Gasteiger partial charge on any atom is 0.203 e. The zero-order valence-electron chi connectivity index (χ0n) is 11.1. The van der Waals surface area contributed by atoms with Gasteiger partial charge in [-0.15, -0.1) is 11.3 Å². The largest absolute Gasteiger partial charge is 0.349 e. The second-order valence-electron chi connectivity index (χ2n) is 4.41. The summed E-state index contributed by atoms with van der Waals surface area (Å²) >= 11 is 1.75. The standard InChI is InChI=1S/C14H16N4S/c1-3-10-8-15-13(19-10)9-16-14-17-11-6-4-5-7-12(11)18(14)2/h4-8H,3,9H2,1-2H3,(H,16,17). The monoisotopic (exact) mass is 272 g/mol. The first kappa shape index (κ1) is 12.2. The smallest absolute Gasteiger partial charge is 0.203 e. The van der Waals surface area contributed by atoms with Crippen LogP contribution in [0.5, 0.6) is 0 Å². The van der Waals surface area contributed by atoms with Gasteiger partial charge >= 0.3 is 0 Å². The number of rotatable bonds is 4. The van der Waals surface area contributed by atoms with E-state index in [0.717, 1.165) is 35.0 Å². The molecule has 2 aromatic heterocycles. The van der Waals surface area contributed by atoms with Gasteiger partial charge in [0.15, 0.2) is 0 Å². The molecule has 98 valence electrons. The van der Waals surface area contributed by atoms with Gasteiger partial charge in [-0.1, -0.05) is 19.1 Å². The predicted molar refractivity (Wildman–Crippen MR) is 79.5 cm³/mol. The number of benzene rings is 1. The van der Waals surface area contributed by atoms with Crippen LogP contribution in [-0.4, -0.2) is 14.5 Å². The molecule has 1 aromatic carbocycles. The molecule has 2 heterocycles. The van der Waals surface area contributed by atoms with Crippen molar-refractivity contribution in [2.75, 3.05) is 5.32 Å². The van der Waals surface area contributed by atoms with Crippen molar-refractivity contribution in [2.24, 2.45) is 7.05 Å². The van der Waals surface area contributed by atoms with E-state index in [1.165, 1.54) is 4.88 Å². The van der Waals surface area contributed by atoms with Crippen LogP contribution in [0.3, 0.4) is 0 Å². The number of nitrogens with one attached hydrogen (secondary N) is 1. The molecule has 3 rings (SSSR count). The number of anilines is 1. The fourth-order valence-electron chi connectivity index (χ4n) is 2.05. The molecule has 0 atom stereocenters. The number of hydrogen-bond donors (Lipinski definition) is 1. The van der Waals surface area contributed by atoms with Gasteiger partial charge in [0, 0.05) is 18.1 Å². The van der Waals surface area contributed by atoms with E-state index in [1.54, 1.807) is 11.3 Å². The fourth-order valence-corrected chi connectivity index (χ4v) is 2.85. The number of para-hydroxylation sites is 2. The Labute approximate surface area is 116 Å². The number of hydrogen-bond acceptors (Lipinski definition) is 4. The Bertz CT molecular complexity index is 698. The van der Waals surface area contributed by atoms with Crippen molar-refractivity contribution in [2.45, 2.75) is 19.9 Å². The van der Waals surface area contributed by atoms with E-state index in [9.17, 15) is 0 Å². The number of aryl methyl sites for hydroxylation is 2. The summed E-state index contributed by atoms with van der Waals surface area (Å²) < 4.78 is 2.07. The zero-order valence-corrected chi connectivity index (χ0v) is 11.9. The summed E-state index contributed by atoms with van der Waals surface area (Å²) in [7, 11) is 2.02. The van der Waals surface area contributed by atoms with E-state index in [-0.39, 0.29) is 0 Å². The molecule has 0 saturated carbocycles. The maximum atomic E-state index is 4.58. The highest BCUT2D eigenvalue weighted by Crippen LogP contribution is 2.19. The van der Waals surface area contributed by atoms with Gasteiger partial charge in [0.2, 0.25) is 5.95 Å². The minimum atomic E-state index is 0.724. The molecule has 0 aliphatic rings. The number of nitrogens with zero attached hydrogens (tertiary/aromatic N) is 3. The highest BCUT2D eigenvalue weighted by atomic mass is 32.1. The lowest BCUT2D eigenvalue weighted by Crippen LogP contribution is -2.04. The van der Waals surface area contributed by atoms with Gasteiger partial charge in [-0.05, 0) is 18.6 Å². The lowest BCUT2D eigenvalue weighted by Gasteiger charge is -2.03. The summed E-state index contributed by atoms with van der Waals surface area (Å²) in [6.07, 6.45) is 3.00. The second kappa shape index (κ2) is 5.01. The van der Waals surface area contributed by atoms with Crippen molar-refractivity contribution < 1.29 is 0 Å². The highest BCUT2D eigenvalue weighted by molar-refractivity contribution is 7.11. The van der Waals surface area contributed by atoms with Crippen molar-refractivity contribution >= 4 is 28.3 Å². The van der Waals surface area contributed by atoms with Crippen LogP contribution in [-0.2, 0) is 20.0 Å². The van der Waals surface area contributed by atoms with Gasteiger partial charge in [0.05, 0.1) is 17.6 Å². The van der Waals surface area contributed by atoms with E-state index in [0.29, 0.717) is 0 Å². The Morgan fingerprint density at radius 3 is 2.89 bits per heavy atom. The maximum absolute atomic E-state index is 4.58. The topological polar surface area (TPSA) is 42.7 Å². The average molecular weight is 272 g/mol. The third-order valence-electron chi connectivity index (χ3n) is 3.13. The van der Waals surface area contributed by atoms with Crippen LogP contribution in [0.1, 0.15) is 16.8 Å². The second-order valence-corrected chi connectivity index (χ2v) is 5.61. The summed E-state index contributed by atoms with van der Waals surface area (Å²) in [5, 5.41) is 4.46. The average Bonchev–Trinajstić information content (AvgIpc) is 3.02. The molecule has 0 amide bonds. The molecule has 0 unspecified atom stereocenters. The van der Waals surface area contributed by atoms with Crippen molar-refractivity contribution in [1.82, 2.24) is 14.5 Å². The minimum absolute atomic E-state index is 0.724. The Balaban J connectivity index is 1.79. The molecule has 0 fully saturated rings. The van der Waals surface area contributed by atoms with Crippen molar-refractivity contribution in [3.05, 3.63) is 40.3 Å². The molecule has 1 N–H and O–H groups in total. The number of aromatic nitrogens is 3. The lowest BCUT2D eigenvalue weighted by atomic mass is 10.3. The summed E-state index contributed by atoms with van der Waals surface area (Å²) in [5.41, 5.74) is 2.15. The molecule has 3 aromatic rings. The normalized spacial score (nSPS) is 11.1. The molecular weight excluding hydrogens is 256 g/mol. The van der Waals surface area contributed by atoms with Crippen LogP contribution in [0.25, 0.3) is 11.0 Å². The molecule has 0 spiro atoms. The van der Waals surface area contributed by atoms with Crippen LogP contribution in [0, 0.1) is 0 Å². The van der Waals surface area contributed by atoms with E-state index in [1.807, 2.05) is 31.4 Å². The first-order valence-corrected chi connectivity index (χ1v) is 7.18. The van der Waals surface area contributed by atoms with Gasteiger partial charge in [-0.25, -0.2) is 9.97 Å². The quantitative estimate of drug-likeness (QED) is 0.793. The SMILES string of the molecule is CCc1cnc(CNc2nc3ccccc3n2C)s1. The third-order valence-corrected chi connectivity index (χ3v) is 4.28. The molecule has 0 bridgehead atoms. The minimum Gasteiger partial charge on any atom is -0.349 e. The number of imidazole rings is 1. The Morgan fingerprint density at radius 2 is 2.16 bits per heavy atom. The van der Waals surface area contributed by atoms with Gasteiger partial charge < -0.3 is 9.88 Å². The first-order chi connectivity index (χ1) is 9.28. The molecule has 0 aliphatic heterocycles. The molecule has 4 nitrogen and oxygen atoms in total. The van der Waals surface area contributed by atoms with Gasteiger partial charge in [0.1, 0.15) is 5.01 Å². The van der Waals surface area contributed by atoms with Crippen LogP contribution >= 0.6 is 11.3 Å². The Kier molecular flexibility index (Phi) is 3.21. The van der Waals surface area contributed by atoms with E-state index in [2.05, 4.69) is 32.8 Å². The fraction of sp³-hybridized carbons (Fsp3) is 0.286. The summed E-state index contributed by atoms with van der Waals surface area (Å²) in [6, 6.07) is 8.14. The lowest BCUT2D eigenvalue weighted by molar-refractivity contribution is 0.924. The van der Waals surface area contributed by atoms with Crippen LogP contribution in [0.15, 0.2) is 30.5 Å². The van der Waals surface area contributed by atoms with Gasteiger partial charge in [-0.3, -0.25) is 0 Å². The Hall–Kier alpha value is -1.88. The van der Waals surface area contributed by atoms with E-state index < -0.39 is 0 Å². The van der Waals surface area contributed by atoms with Crippen LogP contribution in [0.4, 0.5) is 5.95 Å².